The Balaban J connectivity index is 2.65. The summed E-state index contributed by atoms with van der Waals surface area (Å²) in [5.74, 6) is -0.930. The molecule has 0 saturated carbocycles. The zero-order valence-electron chi connectivity index (χ0n) is 11.2. The molecule has 130 valence electrons. The van der Waals surface area contributed by atoms with Crippen LogP contribution in [0.25, 0.3) is 0 Å². The van der Waals surface area contributed by atoms with E-state index in [0.29, 0.717) is 0 Å². The lowest BCUT2D eigenvalue weighted by atomic mass is 10.3. The van der Waals surface area contributed by atoms with Crippen LogP contribution in [0.4, 0.5) is 32.0 Å². The number of ether oxygens (including phenoxy) is 1. The molecule has 0 aromatic heterocycles. The van der Waals surface area contributed by atoms with Gasteiger partial charge in [-0.3, -0.25) is 4.79 Å². The molecule has 23 heavy (non-hydrogen) atoms. The number of para-hydroxylation sites is 1. The first-order valence-electron chi connectivity index (χ1n) is 5.90. The normalized spacial score (nSPS) is 13.7. The molecule has 0 aliphatic rings. The van der Waals surface area contributed by atoms with Crippen LogP contribution in [-0.2, 0) is 9.53 Å². The number of rotatable bonds is 6. The van der Waals surface area contributed by atoms with Crippen molar-refractivity contribution in [2.45, 2.75) is 22.0 Å². The number of hydrogen-bond acceptors (Lipinski definition) is 3. The van der Waals surface area contributed by atoms with E-state index in [1.807, 2.05) is 0 Å². The van der Waals surface area contributed by atoms with E-state index in [2.05, 4.69) is 10.1 Å². The van der Waals surface area contributed by atoms with Crippen LogP contribution < -0.4 is 5.32 Å². The Kier molecular flexibility index (Phi) is 7.02. The molecular formula is C12H10ClF6NO2S. The highest BCUT2D eigenvalue weighted by Gasteiger charge is 2.39. The van der Waals surface area contributed by atoms with E-state index in [1.165, 1.54) is 24.3 Å². The van der Waals surface area contributed by atoms with Crippen molar-refractivity contribution in [3.63, 3.8) is 0 Å². The molecule has 1 unspecified atom stereocenters. The summed E-state index contributed by atoms with van der Waals surface area (Å²) in [6.45, 7) is -2.49. The minimum absolute atomic E-state index is 0.00647. The zero-order valence-corrected chi connectivity index (χ0v) is 12.7. The third-order valence-electron chi connectivity index (χ3n) is 2.15. The lowest BCUT2D eigenvalue weighted by molar-refractivity contribution is -0.174. The molecule has 11 heteroatoms. The van der Waals surface area contributed by atoms with Crippen molar-refractivity contribution >= 4 is 35.0 Å². The number of alkyl halides is 7. The van der Waals surface area contributed by atoms with Crippen molar-refractivity contribution in [2.24, 2.45) is 0 Å². The van der Waals surface area contributed by atoms with Gasteiger partial charge in [0.15, 0.2) is 4.71 Å². The predicted octanol–water partition coefficient (Wildman–Crippen LogP) is 4.42. The van der Waals surface area contributed by atoms with Gasteiger partial charge >= 0.3 is 12.4 Å². The lowest BCUT2D eigenvalue weighted by Gasteiger charge is -2.16. The second-order valence-electron chi connectivity index (χ2n) is 4.13. The molecule has 1 rings (SSSR count). The van der Waals surface area contributed by atoms with Crippen LogP contribution in [-0.4, -0.2) is 36.2 Å². The van der Waals surface area contributed by atoms with Gasteiger partial charge in [0, 0.05) is 4.90 Å². The average molecular weight is 382 g/mol. The van der Waals surface area contributed by atoms with Crippen molar-refractivity contribution in [3.05, 3.63) is 24.3 Å². The first-order valence-corrected chi connectivity index (χ1v) is 7.21. The maximum absolute atomic E-state index is 12.4. The first-order chi connectivity index (χ1) is 10.5. The zero-order chi connectivity index (χ0) is 17.7. The van der Waals surface area contributed by atoms with Crippen molar-refractivity contribution in [3.8, 4) is 0 Å². The van der Waals surface area contributed by atoms with Crippen LogP contribution in [0.15, 0.2) is 29.2 Å². The number of amides is 1. The molecule has 1 N–H and O–H groups in total. The summed E-state index contributed by atoms with van der Waals surface area (Å²) in [6.07, 6.45) is -9.23. The van der Waals surface area contributed by atoms with E-state index in [1.54, 1.807) is 0 Å². The topological polar surface area (TPSA) is 38.3 Å². The SMILES string of the molecule is O=C(COCC(F)(F)F)Nc1ccccc1SC(Cl)C(F)(F)F. The quantitative estimate of drug-likeness (QED) is 0.450. The Morgan fingerprint density at radius 3 is 2.39 bits per heavy atom. The summed E-state index contributed by atoms with van der Waals surface area (Å²) in [5, 5.41) is 2.18. The molecule has 0 bridgehead atoms. The Labute approximate surface area is 136 Å². The van der Waals surface area contributed by atoms with Crippen LogP contribution in [0.3, 0.4) is 0 Å². The third kappa shape index (κ3) is 7.80. The van der Waals surface area contributed by atoms with Crippen LogP contribution >= 0.6 is 23.4 Å². The Bertz CT molecular complexity index is 537. The number of anilines is 1. The number of carbonyl (C=O) groups is 1. The molecule has 1 amide bonds. The van der Waals surface area contributed by atoms with E-state index in [-0.39, 0.29) is 22.3 Å². The van der Waals surface area contributed by atoms with E-state index in [9.17, 15) is 31.1 Å². The summed E-state index contributed by atoms with van der Waals surface area (Å²) in [4.78, 5) is 11.5. The molecule has 0 saturated heterocycles. The first kappa shape index (κ1) is 19.9. The number of carbonyl (C=O) groups excluding carboxylic acids is 1. The van der Waals surface area contributed by atoms with Crippen molar-refractivity contribution in [1.29, 1.82) is 0 Å². The Morgan fingerprint density at radius 2 is 1.83 bits per heavy atom. The van der Waals surface area contributed by atoms with E-state index in [4.69, 9.17) is 11.6 Å². The molecule has 0 radical (unpaired) electrons. The lowest BCUT2D eigenvalue weighted by Crippen LogP contribution is -2.24. The fraction of sp³-hybridized carbons (Fsp3) is 0.417. The van der Waals surface area contributed by atoms with Gasteiger partial charge in [-0.05, 0) is 12.1 Å². The number of benzene rings is 1. The van der Waals surface area contributed by atoms with Gasteiger partial charge in [-0.1, -0.05) is 23.9 Å². The van der Waals surface area contributed by atoms with E-state index >= 15 is 0 Å². The maximum atomic E-state index is 12.4. The van der Waals surface area contributed by atoms with Gasteiger partial charge in [0.25, 0.3) is 0 Å². The van der Waals surface area contributed by atoms with Crippen molar-refractivity contribution in [2.75, 3.05) is 18.5 Å². The summed E-state index contributed by atoms with van der Waals surface area (Å²) >= 11 is 5.46. The number of hydrogen-bond donors (Lipinski definition) is 1. The fourth-order valence-electron chi connectivity index (χ4n) is 1.30. The molecule has 1 atom stereocenters. The van der Waals surface area contributed by atoms with Gasteiger partial charge < -0.3 is 10.1 Å². The summed E-state index contributed by atoms with van der Waals surface area (Å²) in [5.41, 5.74) is -0.00647. The summed E-state index contributed by atoms with van der Waals surface area (Å²) in [6, 6.07) is 5.45. The predicted molar refractivity (Wildman–Crippen MR) is 73.5 cm³/mol. The molecule has 0 heterocycles. The Hall–Kier alpha value is -1.13. The molecule has 1 aromatic rings. The minimum atomic E-state index is -4.65. The van der Waals surface area contributed by atoms with Gasteiger partial charge in [0.1, 0.15) is 13.2 Å². The van der Waals surface area contributed by atoms with Gasteiger partial charge in [0.05, 0.1) is 5.69 Å². The molecule has 0 aliphatic carbocycles. The van der Waals surface area contributed by atoms with Gasteiger partial charge in [-0.25, -0.2) is 0 Å². The summed E-state index contributed by atoms with van der Waals surface area (Å²) in [7, 11) is 0. The second kappa shape index (κ2) is 8.11. The fourth-order valence-corrected chi connectivity index (χ4v) is 2.34. The van der Waals surface area contributed by atoms with Gasteiger partial charge in [-0.15, -0.1) is 11.6 Å². The van der Waals surface area contributed by atoms with Crippen molar-refractivity contribution < 1.29 is 35.9 Å². The highest BCUT2D eigenvalue weighted by molar-refractivity contribution is 8.01. The third-order valence-corrected chi connectivity index (χ3v) is 3.75. The molecule has 3 nitrogen and oxygen atoms in total. The number of thioether (sulfide) groups is 1. The minimum Gasteiger partial charge on any atom is -0.362 e. The molecule has 1 aromatic carbocycles. The average Bonchev–Trinajstić information content (AvgIpc) is 2.38. The largest absolute Gasteiger partial charge is 0.414 e. The van der Waals surface area contributed by atoms with Gasteiger partial charge in [0.2, 0.25) is 5.91 Å². The highest BCUT2D eigenvalue weighted by Crippen LogP contribution is 2.40. The van der Waals surface area contributed by atoms with Crippen LogP contribution in [0.1, 0.15) is 0 Å². The van der Waals surface area contributed by atoms with Crippen LogP contribution in [0.5, 0.6) is 0 Å². The van der Waals surface area contributed by atoms with E-state index in [0.717, 1.165) is 0 Å². The van der Waals surface area contributed by atoms with E-state index < -0.39 is 36.2 Å². The maximum Gasteiger partial charge on any atom is 0.414 e. The Morgan fingerprint density at radius 1 is 1.22 bits per heavy atom. The highest BCUT2D eigenvalue weighted by atomic mass is 35.5. The van der Waals surface area contributed by atoms with Crippen molar-refractivity contribution in [1.82, 2.24) is 0 Å². The smallest absolute Gasteiger partial charge is 0.362 e. The monoisotopic (exact) mass is 381 g/mol. The number of nitrogens with one attached hydrogen (secondary N) is 1. The summed E-state index contributed by atoms with van der Waals surface area (Å²) < 4.78 is 74.9. The molecular weight excluding hydrogens is 372 g/mol. The molecule has 0 aliphatic heterocycles. The van der Waals surface area contributed by atoms with Gasteiger partial charge in [-0.2, -0.15) is 26.3 Å². The molecule has 0 fully saturated rings. The van der Waals surface area contributed by atoms with Crippen LogP contribution in [0, 0.1) is 0 Å². The number of halogens is 7. The standard InChI is InChI=1S/C12H10ClF6NO2S/c13-10(12(17,18)19)23-8-4-2-1-3-7(8)20-9(21)5-22-6-11(14,15)16/h1-4,10H,5-6H2,(H,20,21). The second-order valence-corrected chi connectivity index (χ2v) is 5.97. The van der Waals surface area contributed by atoms with Crippen LogP contribution in [0.2, 0.25) is 0 Å². The molecule has 0 spiro atoms.